The maximum Gasteiger partial charge on any atom is 0.315 e. The fraction of sp³-hybridized carbons (Fsp3) is 0.650. The van der Waals surface area contributed by atoms with Gasteiger partial charge >= 0.3 is 6.03 Å². The zero-order valence-electron chi connectivity index (χ0n) is 16.0. The fourth-order valence-electron chi connectivity index (χ4n) is 3.52. The Balaban J connectivity index is 1.85. The van der Waals surface area contributed by atoms with Crippen molar-refractivity contribution in [3.63, 3.8) is 0 Å². The molecule has 0 spiro atoms. The summed E-state index contributed by atoms with van der Waals surface area (Å²) in [6.07, 6.45) is 2.86. The maximum absolute atomic E-state index is 12.4. The lowest BCUT2D eigenvalue weighted by molar-refractivity contribution is 0.177. The summed E-state index contributed by atoms with van der Waals surface area (Å²) in [5, 5.41) is 6.25. The van der Waals surface area contributed by atoms with Crippen LogP contribution < -0.4 is 15.4 Å². The molecule has 1 aromatic carbocycles. The van der Waals surface area contributed by atoms with Crippen LogP contribution in [0.15, 0.2) is 24.3 Å². The standard InChI is InChI=1S/C20H33N3O2/c1-5-18(17-8-6-7-9-19(17)25-4)22-20(24)21-16-10-12-23(13-11-16)14-15(2)3/h6-9,15-16,18H,5,10-14H2,1-4H3,(H2,21,22,24)/t18-/m0/s1. The van der Waals surface area contributed by atoms with E-state index in [1.807, 2.05) is 24.3 Å². The Morgan fingerprint density at radius 3 is 2.56 bits per heavy atom. The number of urea groups is 1. The number of nitrogens with zero attached hydrogens (tertiary/aromatic N) is 1. The van der Waals surface area contributed by atoms with Crippen molar-refractivity contribution in [2.45, 2.75) is 52.1 Å². The topological polar surface area (TPSA) is 53.6 Å². The Morgan fingerprint density at radius 2 is 1.96 bits per heavy atom. The van der Waals surface area contributed by atoms with Gasteiger partial charge in [-0.15, -0.1) is 0 Å². The molecule has 2 amide bonds. The number of hydrogen-bond acceptors (Lipinski definition) is 3. The van der Waals surface area contributed by atoms with Crippen LogP contribution in [0.25, 0.3) is 0 Å². The number of carbonyl (C=O) groups excluding carboxylic acids is 1. The van der Waals surface area contributed by atoms with Crippen molar-refractivity contribution in [1.82, 2.24) is 15.5 Å². The van der Waals surface area contributed by atoms with Crippen LogP contribution in [0.2, 0.25) is 0 Å². The summed E-state index contributed by atoms with van der Waals surface area (Å²) in [6, 6.07) is 8.00. The highest BCUT2D eigenvalue weighted by atomic mass is 16.5. The van der Waals surface area contributed by atoms with Crippen LogP contribution in [0, 0.1) is 5.92 Å². The summed E-state index contributed by atoms with van der Waals surface area (Å²) >= 11 is 0. The first-order chi connectivity index (χ1) is 12.0. The molecular weight excluding hydrogens is 314 g/mol. The highest BCUT2D eigenvalue weighted by Crippen LogP contribution is 2.26. The molecule has 0 saturated carbocycles. The summed E-state index contributed by atoms with van der Waals surface area (Å²) < 4.78 is 5.43. The van der Waals surface area contributed by atoms with Crippen molar-refractivity contribution in [2.75, 3.05) is 26.7 Å². The molecule has 0 radical (unpaired) electrons. The average molecular weight is 348 g/mol. The summed E-state index contributed by atoms with van der Waals surface area (Å²) in [6.45, 7) is 9.84. The number of likely N-dealkylation sites (tertiary alicyclic amines) is 1. The van der Waals surface area contributed by atoms with Gasteiger partial charge < -0.3 is 20.3 Å². The van der Waals surface area contributed by atoms with Gasteiger partial charge in [0.25, 0.3) is 0 Å². The van der Waals surface area contributed by atoms with E-state index in [1.54, 1.807) is 7.11 Å². The van der Waals surface area contributed by atoms with Crippen LogP contribution in [0.3, 0.4) is 0 Å². The third kappa shape index (κ3) is 5.92. The van der Waals surface area contributed by atoms with E-state index >= 15 is 0 Å². The first-order valence-electron chi connectivity index (χ1n) is 9.45. The van der Waals surface area contributed by atoms with E-state index in [0.29, 0.717) is 5.92 Å². The lowest BCUT2D eigenvalue weighted by atomic mass is 10.0. The molecule has 0 unspecified atom stereocenters. The van der Waals surface area contributed by atoms with Crippen LogP contribution in [-0.4, -0.2) is 43.7 Å². The molecule has 1 fully saturated rings. The van der Waals surface area contributed by atoms with E-state index < -0.39 is 0 Å². The van der Waals surface area contributed by atoms with Crippen molar-refractivity contribution >= 4 is 6.03 Å². The summed E-state index contributed by atoms with van der Waals surface area (Å²) in [5.74, 6) is 1.51. The average Bonchev–Trinajstić information content (AvgIpc) is 2.61. The molecule has 1 aromatic rings. The highest BCUT2D eigenvalue weighted by Gasteiger charge is 2.22. The van der Waals surface area contributed by atoms with Gasteiger partial charge in [0.05, 0.1) is 13.2 Å². The van der Waals surface area contributed by atoms with Crippen LogP contribution in [-0.2, 0) is 0 Å². The van der Waals surface area contributed by atoms with Crippen LogP contribution in [0.5, 0.6) is 5.75 Å². The minimum atomic E-state index is -0.0833. The minimum absolute atomic E-state index is 0.0443. The molecule has 5 heteroatoms. The second-order valence-corrected chi connectivity index (χ2v) is 7.29. The number of benzene rings is 1. The van der Waals surface area contributed by atoms with Gasteiger partial charge in [-0.05, 0) is 31.2 Å². The number of rotatable bonds is 7. The lowest BCUT2D eigenvalue weighted by Crippen LogP contribution is -2.49. The Morgan fingerprint density at radius 1 is 1.28 bits per heavy atom. The molecule has 1 saturated heterocycles. The fourth-order valence-corrected chi connectivity index (χ4v) is 3.52. The van der Waals surface area contributed by atoms with E-state index in [1.165, 1.54) is 0 Å². The third-order valence-electron chi connectivity index (χ3n) is 4.77. The van der Waals surface area contributed by atoms with Gasteiger partial charge in [-0.25, -0.2) is 4.79 Å². The third-order valence-corrected chi connectivity index (χ3v) is 4.77. The molecular formula is C20H33N3O2. The number of nitrogens with one attached hydrogen (secondary N) is 2. The van der Waals surface area contributed by atoms with Crippen molar-refractivity contribution in [1.29, 1.82) is 0 Å². The highest BCUT2D eigenvalue weighted by molar-refractivity contribution is 5.75. The van der Waals surface area contributed by atoms with E-state index in [9.17, 15) is 4.79 Å². The molecule has 0 aliphatic carbocycles. The number of ether oxygens (including phenoxy) is 1. The van der Waals surface area contributed by atoms with Gasteiger partial charge in [0.2, 0.25) is 0 Å². The number of amides is 2. The molecule has 1 heterocycles. The van der Waals surface area contributed by atoms with Gasteiger partial charge in [-0.3, -0.25) is 0 Å². The number of methoxy groups -OCH3 is 1. The number of piperidine rings is 1. The van der Waals surface area contributed by atoms with Gasteiger partial charge in [0.1, 0.15) is 5.75 Å². The molecule has 25 heavy (non-hydrogen) atoms. The summed E-state index contributed by atoms with van der Waals surface area (Å²) in [5.41, 5.74) is 1.02. The molecule has 2 rings (SSSR count). The minimum Gasteiger partial charge on any atom is -0.496 e. The van der Waals surface area contributed by atoms with Crippen LogP contribution in [0.1, 0.15) is 51.6 Å². The van der Waals surface area contributed by atoms with Crippen LogP contribution >= 0.6 is 0 Å². The summed E-state index contributed by atoms with van der Waals surface area (Å²) in [7, 11) is 1.66. The molecule has 140 valence electrons. The van der Waals surface area contributed by atoms with Crippen LogP contribution in [0.4, 0.5) is 4.79 Å². The van der Waals surface area contributed by atoms with Gasteiger partial charge in [0, 0.05) is 31.2 Å². The number of hydrogen-bond donors (Lipinski definition) is 2. The monoisotopic (exact) mass is 347 g/mol. The Hall–Kier alpha value is -1.75. The molecule has 0 aromatic heterocycles. The zero-order chi connectivity index (χ0) is 18.2. The molecule has 5 nitrogen and oxygen atoms in total. The molecule has 2 N–H and O–H groups in total. The van der Waals surface area contributed by atoms with E-state index in [-0.39, 0.29) is 18.1 Å². The van der Waals surface area contributed by atoms with E-state index in [4.69, 9.17) is 4.74 Å². The smallest absolute Gasteiger partial charge is 0.315 e. The maximum atomic E-state index is 12.4. The van der Waals surface area contributed by atoms with Crippen molar-refractivity contribution in [3.05, 3.63) is 29.8 Å². The van der Waals surface area contributed by atoms with E-state index in [2.05, 4.69) is 36.3 Å². The molecule has 1 aliphatic heterocycles. The second-order valence-electron chi connectivity index (χ2n) is 7.29. The second kappa shape index (κ2) is 9.66. The van der Waals surface area contributed by atoms with Crippen molar-refractivity contribution < 1.29 is 9.53 Å². The quantitative estimate of drug-likeness (QED) is 0.793. The van der Waals surface area contributed by atoms with E-state index in [0.717, 1.165) is 50.2 Å². The van der Waals surface area contributed by atoms with Gasteiger partial charge in [-0.1, -0.05) is 39.0 Å². The lowest BCUT2D eigenvalue weighted by Gasteiger charge is -2.33. The number of carbonyl (C=O) groups is 1. The van der Waals surface area contributed by atoms with Crippen molar-refractivity contribution in [2.24, 2.45) is 5.92 Å². The van der Waals surface area contributed by atoms with Gasteiger partial charge in [0.15, 0.2) is 0 Å². The first-order valence-corrected chi connectivity index (χ1v) is 9.45. The van der Waals surface area contributed by atoms with Crippen molar-refractivity contribution in [3.8, 4) is 5.75 Å². The largest absolute Gasteiger partial charge is 0.496 e. The molecule has 1 atom stereocenters. The number of para-hydroxylation sites is 1. The Labute approximate surface area is 152 Å². The normalized spacial score (nSPS) is 17.3. The Kier molecular flexibility index (Phi) is 7.56. The Bertz CT molecular complexity index is 539. The predicted molar refractivity (Wildman–Crippen MR) is 102 cm³/mol. The van der Waals surface area contributed by atoms with Gasteiger partial charge in [-0.2, -0.15) is 0 Å². The predicted octanol–water partition coefficient (Wildman–Crippen LogP) is 3.57. The summed E-state index contributed by atoms with van der Waals surface area (Å²) in [4.78, 5) is 14.9. The molecule has 1 aliphatic rings. The molecule has 0 bridgehead atoms. The first kappa shape index (κ1) is 19.6. The zero-order valence-corrected chi connectivity index (χ0v) is 16.0. The SMILES string of the molecule is CC[C@H](NC(=O)NC1CCN(CC(C)C)CC1)c1ccccc1OC.